The van der Waals surface area contributed by atoms with E-state index in [0.29, 0.717) is 6.54 Å². The third-order valence-electron chi connectivity index (χ3n) is 3.92. The van der Waals surface area contributed by atoms with Crippen LogP contribution in [0.3, 0.4) is 0 Å². The Kier molecular flexibility index (Phi) is 4.55. The summed E-state index contributed by atoms with van der Waals surface area (Å²) in [5, 5.41) is 0. The van der Waals surface area contributed by atoms with Crippen LogP contribution in [-0.4, -0.2) is 54.5 Å². The molecule has 1 fully saturated rings. The zero-order valence-electron chi connectivity index (χ0n) is 11.9. The first-order valence-electron chi connectivity index (χ1n) is 6.47. The molecule has 0 saturated carbocycles. The summed E-state index contributed by atoms with van der Waals surface area (Å²) in [5.41, 5.74) is 6.20. The number of amides is 1. The molecule has 0 aromatic carbocycles. The molecule has 1 aliphatic rings. The molecule has 1 rings (SSSR count). The van der Waals surface area contributed by atoms with Gasteiger partial charge < -0.3 is 10.6 Å². The van der Waals surface area contributed by atoms with Crippen molar-refractivity contribution < 1.29 is 4.79 Å². The lowest BCUT2D eigenvalue weighted by atomic mass is 9.80. The quantitative estimate of drug-likeness (QED) is 0.799. The molecule has 1 unspecified atom stereocenters. The van der Waals surface area contributed by atoms with Crippen LogP contribution in [0.2, 0.25) is 0 Å². The maximum absolute atomic E-state index is 12.0. The van der Waals surface area contributed by atoms with E-state index in [4.69, 9.17) is 5.73 Å². The monoisotopic (exact) mass is 241 g/mol. The maximum Gasteiger partial charge on any atom is 0.236 e. The number of nitrogens with zero attached hydrogens (tertiary/aromatic N) is 2. The zero-order chi connectivity index (χ0) is 13.2. The van der Waals surface area contributed by atoms with Crippen LogP contribution >= 0.6 is 0 Å². The number of rotatable bonds is 3. The van der Waals surface area contributed by atoms with Gasteiger partial charge in [-0.15, -0.1) is 0 Å². The van der Waals surface area contributed by atoms with Crippen molar-refractivity contribution in [3.8, 4) is 0 Å². The molecule has 4 heteroatoms. The molecule has 17 heavy (non-hydrogen) atoms. The molecular formula is C13H27N3O. The number of piperidine rings is 1. The van der Waals surface area contributed by atoms with E-state index in [9.17, 15) is 4.79 Å². The summed E-state index contributed by atoms with van der Waals surface area (Å²) in [5.74, 6) is 0.200. The summed E-state index contributed by atoms with van der Waals surface area (Å²) in [4.78, 5) is 16.0. The molecule has 1 saturated heterocycles. The number of hydrogen-bond donors (Lipinski definition) is 1. The van der Waals surface area contributed by atoms with Crippen molar-refractivity contribution in [1.82, 2.24) is 9.80 Å². The van der Waals surface area contributed by atoms with E-state index in [0.717, 1.165) is 19.5 Å². The number of carbonyl (C=O) groups excluding carboxylic acids is 1. The Morgan fingerprint density at radius 1 is 1.53 bits per heavy atom. The molecule has 1 amide bonds. The van der Waals surface area contributed by atoms with Gasteiger partial charge in [-0.05, 0) is 25.7 Å². The van der Waals surface area contributed by atoms with Crippen molar-refractivity contribution >= 4 is 5.91 Å². The molecule has 0 aromatic rings. The van der Waals surface area contributed by atoms with Crippen LogP contribution in [0.15, 0.2) is 0 Å². The van der Waals surface area contributed by atoms with E-state index in [1.807, 2.05) is 25.8 Å². The molecule has 2 N–H and O–H groups in total. The average Bonchev–Trinajstić information content (AvgIpc) is 2.21. The molecular weight excluding hydrogens is 214 g/mol. The fourth-order valence-electron chi connectivity index (χ4n) is 2.21. The van der Waals surface area contributed by atoms with Gasteiger partial charge in [0.2, 0.25) is 5.91 Å². The molecule has 100 valence electrons. The largest absolute Gasteiger partial charge is 0.342 e. The molecule has 0 spiro atoms. The minimum Gasteiger partial charge on any atom is -0.342 e. The van der Waals surface area contributed by atoms with Crippen molar-refractivity contribution in [2.24, 2.45) is 11.1 Å². The van der Waals surface area contributed by atoms with Crippen LogP contribution in [0.1, 0.15) is 34.1 Å². The van der Waals surface area contributed by atoms with Gasteiger partial charge in [-0.1, -0.05) is 13.8 Å². The highest BCUT2D eigenvalue weighted by Gasteiger charge is 2.34. The van der Waals surface area contributed by atoms with Gasteiger partial charge in [-0.25, -0.2) is 0 Å². The predicted molar refractivity (Wildman–Crippen MR) is 70.7 cm³/mol. The van der Waals surface area contributed by atoms with E-state index < -0.39 is 0 Å². The average molecular weight is 241 g/mol. The van der Waals surface area contributed by atoms with Crippen LogP contribution in [0, 0.1) is 5.41 Å². The highest BCUT2D eigenvalue weighted by atomic mass is 16.2. The Bertz CT molecular complexity index is 276. The van der Waals surface area contributed by atoms with Gasteiger partial charge in [0.05, 0.1) is 6.54 Å². The van der Waals surface area contributed by atoms with Gasteiger partial charge in [-0.3, -0.25) is 9.69 Å². The standard InChI is InChI=1S/C13H27N3O/c1-10(2)15(5)12(17)8-16-7-6-11(14)13(3,4)9-16/h10-11H,6-9,14H2,1-5H3. The second-order valence-electron chi connectivity index (χ2n) is 6.19. The molecule has 4 nitrogen and oxygen atoms in total. The lowest BCUT2D eigenvalue weighted by Crippen LogP contribution is -2.54. The van der Waals surface area contributed by atoms with E-state index in [2.05, 4.69) is 18.7 Å². The fourth-order valence-corrected chi connectivity index (χ4v) is 2.21. The fraction of sp³-hybridized carbons (Fsp3) is 0.923. The number of likely N-dealkylation sites (N-methyl/N-ethyl adjacent to an activating group) is 1. The third-order valence-corrected chi connectivity index (χ3v) is 3.92. The van der Waals surface area contributed by atoms with Crippen LogP contribution in [0.4, 0.5) is 0 Å². The van der Waals surface area contributed by atoms with Gasteiger partial charge in [-0.2, -0.15) is 0 Å². The molecule has 1 atom stereocenters. The summed E-state index contributed by atoms with van der Waals surface area (Å²) in [6.07, 6.45) is 0.978. The molecule has 0 bridgehead atoms. The van der Waals surface area contributed by atoms with Crippen LogP contribution in [0.5, 0.6) is 0 Å². The third kappa shape index (κ3) is 3.68. The molecule has 1 heterocycles. The summed E-state index contributed by atoms with van der Waals surface area (Å²) >= 11 is 0. The highest BCUT2D eigenvalue weighted by Crippen LogP contribution is 2.27. The van der Waals surface area contributed by atoms with Crippen molar-refractivity contribution in [1.29, 1.82) is 0 Å². The second kappa shape index (κ2) is 5.36. The van der Waals surface area contributed by atoms with Crippen LogP contribution in [-0.2, 0) is 4.79 Å². The minimum absolute atomic E-state index is 0.106. The second-order valence-corrected chi connectivity index (χ2v) is 6.19. The smallest absolute Gasteiger partial charge is 0.236 e. The zero-order valence-corrected chi connectivity index (χ0v) is 11.9. The van der Waals surface area contributed by atoms with E-state index in [1.165, 1.54) is 0 Å². The highest BCUT2D eigenvalue weighted by molar-refractivity contribution is 5.78. The maximum atomic E-state index is 12.0. The van der Waals surface area contributed by atoms with E-state index in [-0.39, 0.29) is 23.4 Å². The summed E-state index contributed by atoms with van der Waals surface area (Å²) < 4.78 is 0. The molecule has 0 radical (unpaired) electrons. The van der Waals surface area contributed by atoms with Gasteiger partial charge in [0.15, 0.2) is 0 Å². The molecule has 0 aromatic heterocycles. The normalized spacial score (nSPS) is 25.0. The number of likely N-dealkylation sites (tertiary alicyclic amines) is 1. The Labute approximate surface area is 105 Å². The number of hydrogen-bond acceptors (Lipinski definition) is 3. The summed E-state index contributed by atoms with van der Waals surface area (Å²) in [7, 11) is 1.87. The first-order chi connectivity index (χ1) is 7.74. The minimum atomic E-state index is 0.106. The first-order valence-corrected chi connectivity index (χ1v) is 6.47. The molecule has 1 aliphatic heterocycles. The Balaban J connectivity index is 2.51. The Hall–Kier alpha value is -0.610. The Morgan fingerprint density at radius 3 is 2.59 bits per heavy atom. The molecule has 0 aliphatic carbocycles. The van der Waals surface area contributed by atoms with Crippen LogP contribution in [0.25, 0.3) is 0 Å². The first kappa shape index (κ1) is 14.5. The number of carbonyl (C=O) groups is 1. The summed E-state index contributed by atoms with van der Waals surface area (Å²) in [6.45, 7) is 10.8. The summed E-state index contributed by atoms with van der Waals surface area (Å²) in [6, 6.07) is 0.513. The van der Waals surface area contributed by atoms with Crippen molar-refractivity contribution in [2.75, 3.05) is 26.7 Å². The topological polar surface area (TPSA) is 49.6 Å². The van der Waals surface area contributed by atoms with Crippen molar-refractivity contribution in [3.05, 3.63) is 0 Å². The lowest BCUT2D eigenvalue weighted by Gasteiger charge is -2.42. The van der Waals surface area contributed by atoms with Gasteiger partial charge in [0.25, 0.3) is 0 Å². The van der Waals surface area contributed by atoms with E-state index >= 15 is 0 Å². The lowest BCUT2D eigenvalue weighted by molar-refractivity contribution is -0.133. The van der Waals surface area contributed by atoms with Crippen molar-refractivity contribution in [2.45, 2.75) is 46.2 Å². The number of nitrogens with two attached hydrogens (primary N) is 1. The van der Waals surface area contributed by atoms with Gasteiger partial charge >= 0.3 is 0 Å². The Morgan fingerprint density at radius 2 is 2.12 bits per heavy atom. The van der Waals surface area contributed by atoms with Crippen molar-refractivity contribution in [3.63, 3.8) is 0 Å². The van der Waals surface area contributed by atoms with E-state index in [1.54, 1.807) is 0 Å². The van der Waals surface area contributed by atoms with Gasteiger partial charge in [0, 0.05) is 32.2 Å². The predicted octanol–water partition coefficient (Wildman–Crippen LogP) is 0.912. The SMILES string of the molecule is CC(C)N(C)C(=O)CN1CCC(N)C(C)(C)C1. The van der Waals surface area contributed by atoms with Gasteiger partial charge in [0.1, 0.15) is 0 Å². The van der Waals surface area contributed by atoms with Crippen LogP contribution < -0.4 is 5.73 Å².